The van der Waals surface area contributed by atoms with E-state index in [0.717, 1.165) is 131 Å². The number of hydrogen-bond donors (Lipinski definition) is 8. The molecular weight excluding hydrogens is 611 g/mol. The zero-order chi connectivity index (χ0) is 35.0. The second kappa shape index (κ2) is 32.9. The third kappa shape index (κ3) is 31.4. The van der Waals surface area contributed by atoms with E-state index in [9.17, 15) is 5.11 Å². The summed E-state index contributed by atoms with van der Waals surface area (Å²) in [5.74, 6) is 0. The Morgan fingerprint density at radius 3 is 1.51 bits per heavy atom. The number of nitrogens with one attached hydrogen (secondary N) is 2. The third-order valence-electron chi connectivity index (χ3n) is 8.42. The minimum atomic E-state index is -1.03. The van der Waals surface area contributed by atoms with E-state index in [0.29, 0.717) is 39.2 Å². The molecule has 0 fully saturated rings. The highest BCUT2D eigenvalue weighted by molar-refractivity contribution is 6.76. The van der Waals surface area contributed by atoms with Crippen LogP contribution in [0.5, 0.6) is 0 Å². The number of hydrogen-bond acceptors (Lipinski definition) is 13. The Bertz CT molecular complexity index is 646. The molecule has 1 atom stereocenters. The summed E-state index contributed by atoms with van der Waals surface area (Å²) in [6.07, 6.45) is 4.79. The van der Waals surface area contributed by atoms with Crippen LogP contribution in [0.2, 0.25) is 25.7 Å². The van der Waals surface area contributed by atoms with Crippen LogP contribution in [0.15, 0.2) is 0 Å². The van der Waals surface area contributed by atoms with Crippen molar-refractivity contribution in [3.8, 4) is 0 Å². The van der Waals surface area contributed by atoms with E-state index in [1.165, 1.54) is 18.9 Å². The molecule has 0 aromatic carbocycles. The smallest absolute Gasteiger partial charge is 0.0785 e. The van der Waals surface area contributed by atoms with Gasteiger partial charge in [0.1, 0.15) is 0 Å². The maximum Gasteiger partial charge on any atom is 0.0785 e. The first-order valence-corrected chi connectivity index (χ1v) is 22.5. The number of unbranched alkanes of at least 4 members (excludes halogenated alkanes) is 2. The van der Waals surface area contributed by atoms with E-state index in [1.807, 2.05) is 0 Å². The number of aliphatic hydroxyl groups is 1. The van der Waals surface area contributed by atoms with E-state index < -0.39 is 14.2 Å². The molecule has 0 spiro atoms. The molecule has 0 amide bonds. The van der Waals surface area contributed by atoms with Crippen molar-refractivity contribution in [2.24, 2.45) is 28.7 Å². The fraction of sp³-hybridized carbons (Fsp3) is 1.00. The lowest BCUT2D eigenvalue weighted by Crippen LogP contribution is -2.45. The molecule has 1 unspecified atom stereocenters. The van der Waals surface area contributed by atoms with Gasteiger partial charge in [-0.05, 0) is 38.8 Å². The minimum absolute atomic E-state index is 0.418. The van der Waals surface area contributed by atoms with Crippen LogP contribution in [0, 0.1) is 0 Å². The van der Waals surface area contributed by atoms with Crippen LogP contribution in [0.1, 0.15) is 32.1 Å². The van der Waals surface area contributed by atoms with Crippen molar-refractivity contribution in [1.82, 2.24) is 30.2 Å². The maximum atomic E-state index is 10.4. The molecule has 284 valence electrons. The van der Waals surface area contributed by atoms with Crippen LogP contribution in [0.4, 0.5) is 0 Å². The number of nitrogens with zero attached hydrogens (tertiary/aromatic N) is 4. The number of ether oxygens (including phenoxy) is 1. The van der Waals surface area contributed by atoms with Crippen LogP contribution in [-0.2, 0) is 4.74 Å². The van der Waals surface area contributed by atoms with Crippen LogP contribution in [-0.4, -0.2) is 190 Å². The van der Waals surface area contributed by atoms with Gasteiger partial charge >= 0.3 is 0 Å². The van der Waals surface area contributed by atoms with E-state index in [1.54, 1.807) is 0 Å². The lowest BCUT2D eigenvalue weighted by atomic mass is 10.2. The second-order valence-corrected chi connectivity index (χ2v) is 19.7. The molecule has 0 aliphatic rings. The molecule has 0 bridgehead atoms. The highest BCUT2D eigenvalue weighted by Crippen LogP contribution is 2.11. The zero-order valence-corrected chi connectivity index (χ0v) is 32.1. The predicted molar refractivity (Wildman–Crippen MR) is 205 cm³/mol. The fourth-order valence-corrected chi connectivity index (χ4v) is 6.72. The number of nitrogens with two attached hydrogens (primary N) is 5. The molecule has 0 saturated heterocycles. The normalized spacial score (nSPS) is 13.2. The molecule has 0 rings (SSSR count). The van der Waals surface area contributed by atoms with Crippen molar-refractivity contribution < 1.29 is 9.84 Å². The molecule has 0 aliphatic heterocycles. The minimum Gasteiger partial charge on any atom is -0.391 e. The molecule has 14 heteroatoms. The Morgan fingerprint density at radius 2 is 1.02 bits per heavy atom. The lowest BCUT2D eigenvalue weighted by molar-refractivity contribution is 0.0276. The summed E-state index contributed by atoms with van der Waals surface area (Å²) in [5.41, 5.74) is 29.1. The van der Waals surface area contributed by atoms with Gasteiger partial charge in [-0.2, -0.15) is 0 Å². The average Bonchev–Trinajstić information content (AvgIpc) is 3.03. The second-order valence-electron chi connectivity index (χ2n) is 14.1. The van der Waals surface area contributed by atoms with Gasteiger partial charge in [0.15, 0.2) is 0 Å². The first-order chi connectivity index (χ1) is 22.7. The highest BCUT2D eigenvalue weighted by Gasteiger charge is 2.14. The van der Waals surface area contributed by atoms with Gasteiger partial charge in [-0.1, -0.05) is 32.1 Å². The van der Waals surface area contributed by atoms with Crippen LogP contribution in [0.25, 0.3) is 0 Å². The molecule has 0 heterocycles. The van der Waals surface area contributed by atoms with Crippen molar-refractivity contribution in [1.29, 1.82) is 0 Å². The molecule has 0 saturated carbocycles. The lowest BCUT2D eigenvalue weighted by Gasteiger charge is -2.30. The summed E-state index contributed by atoms with van der Waals surface area (Å²) in [5, 5.41) is 17.6. The maximum absolute atomic E-state index is 10.4. The third-order valence-corrected chi connectivity index (χ3v) is 10.3. The summed E-state index contributed by atoms with van der Waals surface area (Å²) >= 11 is 0. The Hall–Kier alpha value is -0.303. The van der Waals surface area contributed by atoms with Gasteiger partial charge in [0.2, 0.25) is 0 Å². The summed E-state index contributed by atoms with van der Waals surface area (Å²) in [6.45, 7) is 26.8. The van der Waals surface area contributed by atoms with E-state index in [-0.39, 0.29) is 0 Å². The van der Waals surface area contributed by atoms with Crippen LogP contribution in [0.3, 0.4) is 0 Å². The van der Waals surface area contributed by atoms with Crippen LogP contribution >= 0.6 is 0 Å². The number of rotatable bonds is 37. The summed E-state index contributed by atoms with van der Waals surface area (Å²) in [7, 11) is -1.03. The summed E-state index contributed by atoms with van der Waals surface area (Å²) in [6, 6.07) is 1.27. The molecule has 13 nitrogen and oxygen atoms in total. The Balaban J connectivity index is 4.73. The molecule has 47 heavy (non-hydrogen) atoms. The molecule has 0 aliphatic carbocycles. The molecular formula is C33H81N11O2Si. The Labute approximate surface area is 291 Å². The van der Waals surface area contributed by atoms with Gasteiger partial charge < -0.3 is 58.9 Å². The van der Waals surface area contributed by atoms with Crippen LogP contribution < -0.4 is 39.3 Å². The van der Waals surface area contributed by atoms with E-state index >= 15 is 0 Å². The van der Waals surface area contributed by atoms with Gasteiger partial charge in [-0.3, -0.25) is 9.80 Å². The SMILES string of the molecule is C[Si](C)(C)CCCOCC(O)CCN(CCN)CCNCCN(CCNCCN)CCN(CCCCCN)CCN(CCN)CCN. The van der Waals surface area contributed by atoms with Crippen molar-refractivity contribution in [3.63, 3.8) is 0 Å². The summed E-state index contributed by atoms with van der Waals surface area (Å²) in [4.78, 5) is 9.88. The Morgan fingerprint density at radius 1 is 0.532 bits per heavy atom. The quantitative estimate of drug-likeness (QED) is 0.0287. The van der Waals surface area contributed by atoms with Crippen molar-refractivity contribution in [2.75, 3.05) is 151 Å². The fourth-order valence-electron chi connectivity index (χ4n) is 5.51. The van der Waals surface area contributed by atoms with Gasteiger partial charge in [0.25, 0.3) is 0 Å². The van der Waals surface area contributed by atoms with E-state index in [4.69, 9.17) is 33.4 Å². The largest absolute Gasteiger partial charge is 0.391 e. The standard InChI is InChI=1S/C33H81N11O2Si/c1-47(2,3)31-7-30-46-32-33(45)8-19-42(20-11-36)23-16-40-17-25-44(24-15-39-14-10-35)29-27-41(18-6-4-5-9-34)26-28-43(21-12-37)22-13-38/h33,39-40,45H,4-32,34-38H2,1-3H3. The topological polar surface area (TPSA) is 197 Å². The molecule has 0 radical (unpaired) electrons. The van der Waals surface area contributed by atoms with E-state index in [2.05, 4.69) is 49.9 Å². The average molecular weight is 692 g/mol. The van der Waals surface area contributed by atoms with Gasteiger partial charge in [0.05, 0.1) is 12.7 Å². The van der Waals surface area contributed by atoms with Crippen molar-refractivity contribution >= 4 is 8.07 Å². The van der Waals surface area contributed by atoms with Gasteiger partial charge in [0, 0.05) is 139 Å². The van der Waals surface area contributed by atoms with Crippen molar-refractivity contribution in [2.45, 2.75) is 63.9 Å². The summed E-state index contributed by atoms with van der Waals surface area (Å²) < 4.78 is 5.75. The van der Waals surface area contributed by atoms with Crippen molar-refractivity contribution in [3.05, 3.63) is 0 Å². The molecule has 13 N–H and O–H groups in total. The van der Waals surface area contributed by atoms with Gasteiger partial charge in [-0.15, -0.1) is 0 Å². The highest BCUT2D eigenvalue weighted by atomic mass is 28.3. The first kappa shape index (κ1) is 46.7. The predicted octanol–water partition coefficient (Wildman–Crippen LogP) is -1.17. The molecule has 0 aromatic heterocycles. The molecule has 0 aromatic rings. The number of aliphatic hydroxyl groups excluding tert-OH is 1. The Kier molecular flexibility index (Phi) is 32.7. The first-order valence-electron chi connectivity index (χ1n) is 18.8. The van der Waals surface area contributed by atoms with Gasteiger partial charge in [-0.25, -0.2) is 0 Å². The monoisotopic (exact) mass is 692 g/mol. The zero-order valence-electron chi connectivity index (χ0n) is 31.1.